The maximum atomic E-state index is 9.40. The van der Waals surface area contributed by atoms with Gasteiger partial charge in [0, 0.05) is 0 Å². The molecule has 0 saturated carbocycles. The molecular formula is C8H11ClN2O. The van der Waals surface area contributed by atoms with Crippen molar-refractivity contribution in [2.24, 2.45) is 0 Å². The van der Waals surface area contributed by atoms with Crippen molar-refractivity contribution in [1.82, 2.24) is 9.55 Å². The summed E-state index contributed by atoms with van der Waals surface area (Å²) in [6.45, 7) is 2.55. The fourth-order valence-corrected chi connectivity index (χ4v) is 1.98. The largest absolute Gasteiger partial charge is 0.391 e. The van der Waals surface area contributed by atoms with E-state index in [4.69, 9.17) is 11.6 Å². The summed E-state index contributed by atoms with van der Waals surface area (Å²) in [4.78, 5) is 4.14. The van der Waals surface area contributed by atoms with Crippen LogP contribution in [0.25, 0.3) is 0 Å². The highest BCUT2D eigenvalue weighted by atomic mass is 35.5. The Kier molecular flexibility index (Phi) is 1.85. The molecule has 0 bridgehead atoms. The molecule has 0 amide bonds. The van der Waals surface area contributed by atoms with Crippen molar-refractivity contribution in [2.45, 2.75) is 32.4 Å². The zero-order valence-electron chi connectivity index (χ0n) is 6.92. The fraction of sp³-hybridized carbons (Fsp3) is 0.625. The molecule has 4 heteroatoms. The number of nitrogens with zero attached hydrogens (tertiary/aromatic N) is 2. The van der Waals surface area contributed by atoms with Gasteiger partial charge < -0.3 is 9.67 Å². The first kappa shape index (κ1) is 8.08. The average Bonchev–Trinajstić information content (AvgIpc) is 2.28. The first-order chi connectivity index (χ1) is 5.68. The minimum absolute atomic E-state index is 0.235. The van der Waals surface area contributed by atoms with Gasteiger partial charge in [-0.25, -0.2) is 4.98 Å². The number of hydrogen-bond donors (Lipinski definition) is 1. The van der Waals surface area contributed by atoms with Crippen LogP contribution in [0.5, 0.6) is 0 Å². The molecule has 0 radical (unpaired) electrons. The van der Waals surface area contributed by atoms with E-state index in [-0.39, 0.29) is 6.10 Å². The highest BCUT2D eigenvalue weighted by Gasteiger charge is 2.21. The van der Waals surface area contributed by atoms with E-state index in [2.05, 4.69) is 4.98 Å². The van der Waals surface area contributed by atoms with Crippen LogP contribution in [0, 0.1) is 6.92 Å². The summed E-state index contributed by atoms with van der Waals surface area (Å²) in [6.07, 6.45) is 1.40. The van der Waals surface area contributed by atoms with Gasteiger partial charge in [0.25, 0.3) is 0 Å². The molecule has 2 rings (SSSR count). The van der Waals surface area contributed by atoms with Gasteiger partial charge in [-0.3, -0.25) is 0 Å². The monoisotopic (exact) mass is 186 g/mol. The molecular weight excluding hydrogens is 176 g/mol. The molecule has 1 aliphatic heterocycles. The molecule has 1 aromatic rings. The molecule has 3 nitrogen and oxygen atoms in total. The second kappa shape index (κ2) is 2.75. The minimum atomic E-state index is -0.235. The van der Waals surface area contributed by atoms with E-state index in [0.29, 0.717) is 11.7 Å². The normalized spacial score (nSPS) is 22.4. The van der Waals surface area contributed by atoms with Crippen LogP contribution in [0.2, 0.25) is 5.15 Å². The molecule has 1 atom stereocenters. The van der Waals surface area contributed by atoms with Crippen LogP contribution < -0.4 is 0 Å². The lowest BCUT2D eigenvalue weighted by atomic mass is 10.1. The lowest BCUT2D eigenvalue weighted by Gasteiger charge is -2.20. The summed E-state index contributed by atoms with van der Waals surface area (Å²) in [5.41, 5.74) is 1.07. The van der Waals surface area contributed by atoms with Crippen molar-refractivity contribution in [3.8, 4) is 0 Å². The van der Waals surface area contributed by atoms with Crippen LogP contribution in [0.1, 0.15) is 17.9 Å². The van der Waals surface area contributed by atoms with E-state index >= 15 is 0 Å². The summed E-state index contributed by atoms with van der Waals surface area (Å²) in [6, 6.07) is 0. The van der Waals surface area contributed by atoms with Crippen LogP contribution in [0.4, 0.5) is 0 Å². The number of hydrogen-bond acceptors (Lipinski definition) is 2. The van der Waals surface area contributed by atoms with Crippen molar-refractivity contribution < 1.29 is 5.11 Å². The molecule has 1 unspecified atom stereocenters. The van der Waals surface area contributed by atoms with Gasteiger partial charge >= 0.3 is 0 Å². The van der Waals surface area contributed by atoms with Crippen LogP contribution in [-0.2, 0) is 13.0 Å². The van der Waals surface area contributed by atoms with Gasteiger partial charge in [-0.15, -0.1) is 0 Å². The Labute approximate surface area is 76.0 Å². The Hall–Kier alpha value is -0.540. The summed E-state index contributed by atoms with van der Waals surface area (Å²) in [5.74, 6) is 0.897. The predicted octanol–water partition coefficient (Wildman–Crippen LogP) is 1.15. The van der Waals surface area contributed by atoms with E-state index in [1.54, 1.807) is 0 Å². The van der Waals surface area contributed by atoms with Crippen LogP contribution >= 0.6 is 11.6 Å². The predicted molar refractivity (Wildman–Crippen MR) is 46.3 cm³/mol. The topological polar surface area (TPSA) is 38.0 Å². The van der Waals surface area contributed by atoms with Gasteiger partial charge in [-0.1, -0.05) is 11.6 Å². The first-order valence-electron chi connectivity index (χ1n) is 4.08. The lowest BCUT2D eigenvalue weighted by Crippen LogP contribution is -2.24. The molecule has 0 saturated heterocycles. The third-order valence-electron chi connectivity index (χ3n) is 2.32. The molecule has 0 aliphatic carbocycles. The van der Waals surface area contributed by atoms with Crippen molar-refractivity contribution in [3.05, 3.63) is 16.7 Å². The van der Waals surface area contributed by atoms with E-state index in [1.807, 2.05) is 11.5 Å². The number of halogens is 1. The summed E-state index contributed by atoms with van der Waals surface area (Å²) in [5, 5.41) is 9.99. The average molecular weight is 187 g/mol. The Bertz CT molecular complexity index is 308. The Morgan fingerprint density at radius 3 is 3.17 bits per heavy atom. The molecule has 1 aromatic heterocycles. The summed E-state index contributed by atoms with van der Waals surface area (Å²) < 4.78 is 2.00. The van der Waals surface area contributed by atoms with Crippen molar-refractivity contribution in [2.75, 3.05) is 0 Å². The van der Waals surface area contributed by atoms with Gasteiger partial charge in [0.2, 0.25) is 0 Å². The van der Waals surface area contributed by atoms with E-state index < -0.39 is 0 Å². The molecule has 0 aromatic carbocycles. The third kappa shape index (κ3) is 1.13. The van der Waals surface area contributed by atoms with Crippen LogP contribution in [0.3, 0.4) is 0 Å². The number of aliphatic hydroxyl groups is 1. The molecule has 0 spiro atoms. The van der Waals surface area contributed by atoms with Gasteiger partial charge in [0.15, 0.2) is 5.15 Å². The number of fused-ring (bicyclic) bond motifs is 1. The van der Waals surface area contributed by atoms with Crippen LogP contribution in [-0.4, -0.2) is 20.8 Å². The minimum Gasteiger partial charge on any atom is -0.391 e. The zero-order valence-corrected chi connectivity index (χ0v) is 7.67. The number of aromatic nitrogens is 2. The summed E-state index contributed by atoms with van der Waals surface area (Å²) >= 11 is 5.90. The Balaban J connectivity index is 2.45. The maximum absolute atomic E-state index is 9.40. The van der Waals surface area contributed by atoms with E-state index in [0.717, 1.165) is 24.4 Å². The number of imidazole rings is 1. The highest BCUT2D eigenvalue weighted by molar-refractivity contribution is 6.30. The van der Waals surface area contributed by atoms with Crippen LogP contribution in [0.15, 0.2) is 0 Å². The standard InChI is InChI=1S/C8H11ClN2O/c1-5-10-8(9)7-3-2-6(12)4-11(5)7/h6,12H,2-4H2,1H3. The second-order valence-corrected chi connectivity index (χ2v) is 3.56. The Morgan fingerprint density at radius 1 is 1.67 bits per heavy atom. The smallest absolute Gasteiger partial charge is 0.150 e. The van der Waals surface area contributed by atoms with Gasteiger partial charge in [0.1, 0.15) is 5.82 Å². The van der Waals surface area contributed by atoms with Crippen molar-refractivity contribution >= 4 is 11.6 Å². The first-order valence-corrected chi connectivity index (χ1v) is 4.46. The molecule has 0 fully saturated rings. The molecule has 66 valence electrons. The quantitative estimate of drug-likeness (QED) is 0.660. The zero-order chi connectivity index (χ0) is 8.72. The SMILES string of the molecule is Cc1nc(Cl)c2n1CC(O)CC2. The van der Waals surface area contributed by atoms with Gasteiger partial charge in [-0.05, 0) is 19.8 Å². The second-order valence-electron chi connectivity index (χ2n) is 3.20. The third-order valence-corrected chi connectivity index (χ3v) is 2.62. The van der Waals surface area contributed by atoms with Crippen molar-refractivity contribution in [1.29, 1.82) is 0 Å². The molecule has 12 heavy (non-hydrogen) atoms. The highest BCUT2D eigenvalue weighted by Crippen LogP contribution is 2.23. The number of rotatable bonds is 0. The van der Waals surface area contributed by atoms with Crippen molar-refractivity contribution in [3.63, 3.8) is 0 Å². The van der Waals surface area contributed by atoms with E-state index in [1.165, 1.54) is 0 Å². The Morgan fingerprint density at radius 2 is 2.42 bits per heavy atom. The number of aryl methyl sites for hydroxylation is 1. The van der Waals surface area contributed by atoms with E-state index in [9.17, 15) is 5.11 Å². The van der Waals surface area contributed by atoms with Gasteiger partial charge in [-0.2, -0.15) is 0 Å². The fourth-order valence-electron chi connectivity index (χ4n) is 1.66. The maximum Gasteiger partial charge on any atom is 0.150 e. The molecule has 1 aliphatic rings. The lowest BCUT2D eigenvalue weighted by molar-refractivity contribution is 0.130. The molecule has 1 N–H and O–H groups in total. The summed E-state index contributed by atoms with van der Waals surface area (Å²) in [7, 11) is 0. The molecule has 2 heterocycles. The van der Waals surface area contributed by atoms with Gasteiger partial charge in [0.05, 0.1) is 18.3 Å². The number of aliphatic hydroxyl groups excluding tert-OH is 1.